The van der Waals surface area contributed by atoms with E-state index in [9.17, 15) is 29.2 Å². The van der Waals surface area contributed by atoms with Crippen LogP contribution in [-0.4, -0.2) is 38.9 Å². The van der Waals surface area contributed by atoms with E-state index >= 15 is 0 Å². The third-order valence-electron chi connectivity index (χ3n) is 3.66. The van der Waals surface area contributed by atoms with Gasteiger partial charge in [0.2, 0.25) is 0 Å². The Labute approximate surface area is 167 Å². The maximum Gasteiger partial charge on any atom is 0.335 e. The van der Waals surface area contributed by atoms with Crippen molar-refractivity contribution in [1.29, 1.82) is 0 Å². The second kappa shape index (κ2) is 9.38. The van der Waals surface area contributed by atoms with Crippen LogP contribution in [0.3, 0.4) is 0 Å². The maximum absolute atomic E-state index is 13.8. The molecule has 1 atom stereocenters. The second-order valence-corrected chi connectivity index (χ2v) is 6.98. The number of aromatic carboxylic acids is 1. The number of halogens is 2. The van der Waals surface area contributed by atoms with Crippen LogP contribution in [-0.2, 0) is 10.5 Å². The number of thioether (sulfide) groups is 1. The molecule has 0 bridgehead atoms. The fraction of sp³-hybridized carbons (Fsp3) is 0.176. The van der Waals surface area contributed by atoms with Crippen LogP contribution in [0.2, 0.25) is 5.02 Å². The topological polar surface area (TPSA) is 130 Å². The van der Waals surface area contributed by atoms with E-state index in [1.54, 1.807) is 0 Å². The molecule has 0 radical (unpaired) electrons. The van der Waals surface area contributed by atoms with Crippen molar-refractivity contribution >= 4 is 46.7 Å². The van der Waals surface area contributed by atoms with Crippen LogP contribution in [0.5, 0.6) is 0 Å². The number of aliphatic carboxylic acids is 1. The van der Waals surface area contributed by atoms with Gasteiger partial charge in [-0.15, -0.1) is 0 Å². The summed E-state index contributed by atoms with van der Waals surface area (Å²) in [5.74, 6) is -3.07. The van der Waals surface area contributed by atoms with Gasteiger partial charge in [-0.2, -0.15) is 11.8 Å². The molecule has 8 nitrogen and oxygen atoms in total. The molecule has 0 aromatic heterocycles. The molecule has 0 spiro atoms. The van der Waals surface area contributed by atoms with E-state index in [1.165, 1.54) is 18.2 Å². The van der Waals surface area contributed by atoms with E-state index in [1.807, 2.05) is 0 Å². The van der Waals surface area contributed by atoms with Crippen LogP contribution >= 0.6 is 23.4 Å². The third kappa shape index (κ3) is 5.33. The summed E-state index contributed by atoms with van der Waals surface area (Å²) in [6.45, 7) is 0. The molecule has 0 fully saturated rings. The molecular weight excluding hydrogens is 415 g/mol. The fourth-order valence-corrected chi connectivity index (χ4v) is 3.64. The predicted octanol–water partition coefficient (Wildman–Crippen LogP) is 3.88. The molecule has 0 heterocycles. The predicted molar refractivity (Wildman–Crippen MR) is 103 cm³/mol. The minimum absolute atomic E-state index is 0.0438. The molecule has 0 amide bonds. The van der Waals surface area contributed by atoms with Crippen molar-refractivity contribution < 1.29 is 29.1 Å². The molecule has 0 aliphatic rings. The summed E-state index contributed by atoms with van der Waals surface area (Å²) < 4.78 is 13.8. The average Bonchev–Trinajstić information content (AvgIpc) is 2.62. The van der Waals surface area contributed by atoms with E-state index < -0.39 is 34.4 Å². The quantitative estimate of drug-likeness (QED) is 0.405. The largest absolute Gasteiger partial charge is 0.480 e. The molecule has 2 aromatic rings. The molecule has 0 saturated carbocycles. The number of nitro benzene ring substituents is 1. The van der Waals surface area contributed by atoms with E-state index in [0.29, 0.717) is 0 Å². The minimum Gasteiger partial charge on any atom is -0.480 e. The molecule has 11 heteroatoms. The van der Waals surface area contributed by atoms with Gasteiger partial charge in [-0.3, -0.25) is 10.1 Å². The minimum atomic E-state index is -1.35. The number of carboxylic acids is 2. The first-order chi connectivity index (χ1) is 13.2. The van der Waals surface area contributed by atoms with Crippen molar-refractivity contribution in [2.24, 2.45) is 0 Å². The van der Waals surface area contributed by atoms with E-state index in [2.05, 4.69) is 5.32 Å². The highest BCUT2D eigenvalue weighted by molar-refractivity contribution is 7.98. The second-order valence-electron chi connectivity index (χ2n) is 5.54. The van der Waals surface area contributed by atoms with E-state index in [0.717, 1.165) is 30.0 Å². The number of nitrogens with zero attached hydrogens (tertiary/aromatic N) is 1. The summed E-state index contributed by atoms with van der Waals surface area (Å²) in [7, 11) is 0. The summed E-state index contributed by atoms with van der Waals surface area (Å²) in [6, 6.07) is 6.08. The number of hydrogen-bond acceptors (Lipinski definition) is 6. The number of hydrogen-bond donors (Lipinski definition) is 3. The maximum atomic E-state index is 13.8. The Balaban J connectivity index is 2.14. The molecule has 3 N–H and O–H groups in total. The highest BCUT2D eigenvalue weighted by Crippen LogP contribution is 2.28. The average molecular weight is 429 g/mol. The number of carbonyl (C=O) groups is 2. The van der Waals surface area contributed by atoms with Crippen LogP contribution in [0.15, 0.2) is 36.4 Å². The fourth-order valence-electron chi connectivity index (χ4n) is 2.25. The van der Waals surface area contributed by atoms with Crippen molar-refractivity contribution in [1.82, 2.24) is 0 Å². The third-order valence-corrected chi connectivity index (χ3v) is 5.08. The lowest BCUT2D eigenvalue weighted by Crippen LogP contribution is -2.32. The van der Waals surface area contributed by atoms with E-state index in [4.69, 9.17) is 16.7 Å². The van der Waals surface area contributed by atoms with Crippen molar-refractivity contribution in [2.45, 2.75) is 11.8 Å². The molecule has 0 aliphatic carbocycles. The zero-order chi connectivity index (χ0) is 20.8. The van der Waals surface area contributed by atoms with Crippen LogP contribution in [0.1, 0.15) is 15.9 Å². The molecule has 0 saturated heterocycles. The van der Waals surface area contributed by atoms with Crippen molar-refractivity contribution in [3.8, 4) is 0 Å². The molecule has 2 aromatic carbocycles. The number of nitrogens with one attached hydrogen (secondary N) is 1. The van der Waals surface area contributed by atoms with Gasteiger partial charge in [-0.25, -0.2) is 14.0 Å². The molecule has 0 aliphatic heterocycles. The Kier molecular flexibility index (Phi) is 7.18. The van der Waals surface area contributed by atoms with Gasteiger partial charge in [0.05, 0.1) is 10.5 Å². The summed E-state index contributed by atoms with van der Waals surface area (Å²) in [5, 5.41) is 32.2. The van der Waals surface area contributed by atoms with Gasteiger partial charge in [0.25, 0.3) is 5.69 Å². The SMILES string of the molecule is O=C(O)c1ccc(N[C@@H](CSCc2c(F)cccc2Cl)C(=O)O)c([N+](=O)[O-])c1. The highest BCUT2D eigenvalue weighted by Gasteiger charge is 2.24. The smallest absolute Gasteiger partial charge is 0.335 e. The lowest BCUT2D eigenvalue weighted by Gasteiger charge is -2.16. The van der Waals surface area contributed by atoms with Gasteiger partial charge in [0.1, 0.15) is 17.5 Å². The van der Waals surface area contributed by atoms with Crippen molar-refractivity contribution in [3.05, 3.63) is 68.5 Å². The Morgan fingerprint density at radius 1 is 1.29 bits per heavy atom. The molecule has 28 heavy (non-hydrogen) atoms. The van der Waals surface area contributed by atoms with Gasteiger partial charge in [0, 0.05) is 28.2 Å². The standard InChI is InChI=1S/C17H14ClFN2O6S/c18-11-2-1-3-12(19)10(11)7-28-8-14(17(24)25)20-13-5-4-9(16(22)23)6-15(13)21(26)27/h1-6,14,20H,7-8H2,(H,22,23)(H,24,25)/t14-/m0/s1. The van der Waals surface area contributed by atoms with Crippen LogP contribution in [0.25, 0.3) is 0 Å². The molecule has 148 valence electrons. The van der Waals surface area contributed by atoms with Gasteiger partial charge < -0.3 is 15.5 Å². The molecule has 2 rings (SSSR count). The highest BCUT2D eigenvalue weighted by atomic mass is 35.5. The number of rotatable bonds is 9. The zero-order valence-corrected chi connectivity index (χ0v) is 15.7. The molecular formula is C17H14ClFN2O6S. The van der Waals surface area contributed by atoms with Gasteiger partial charge in [-0.05, 0) is 24.3 Å². The van der Waals surface area contributed by atoms with Crippen LogP contribution in [0.4, 0.5) is 15.8 Å². The zero-order valence-electron chi connectivity index (χ0n) is 14.1. The number of benzene rings is 2. The summed E-state index contributed by atoms with van der Waals surface area (Å²) in [5.41, 5.74) is -0.761. The molecule has 0 unspecified atom stereocenters. The van der Waals surface area contributed by atoms with Gasteiger partial charge >= 0.3 is 11.9 Å². The number of nitro groups is 1. The summed E-state index contributed by atoms with van der Waals surface area (Å²) >= 11 is 7.01. The first-order valence-corrected chi connectivity index (χ1v) is 9.25. The number of carboxylic acid groups (broad SMARTS) is 2. The normalized spacial score (nSPS) is 11.6. The van der Waals surface area contributed by atoms with Crippen molar-refractivity contribution in [2.75, 3.05) is 11.1 Å². The first kappa shape index (κ1) is 21.5. The van der Waals surface area contributed by atoms with Crippen LogP contribution < -0.4 is 5.32 Å². The Bertz CT molecular complexity index is 906. The van der Waals surface area contributed by atoms with Gasteiger partial charge in [0.15, 0.2) is 0 Å². The Morgan fingerprint density at radius 3 is 2.57 bits per heavy atom. The first-order valence-electron chi connectivity index (χ1n) is 7.72. The Hall–Kier alpha value is -2.85. The lowest BCUT2D eigenvalue weighted by atomic mass is 10.1. The lowest BCUT2D eigenvalue weighted by molar-refractivity contribution is -0.384. The van der Waals surface area contributed by atoms with E-state index in [-0.39, 0.29) is 33.3 Å². The Morgan fingerprint density at radius 2 is 2.00 bits per heavy atom. The van der Waals surface area contributed by atoms with Gasteiger partial charge in [-0.1, -0.05) is 17.7 Å². The van der Waals surface area contributed by atoms with Crippen molar-refractivity contribution in [3.63, 3.8) is 0 Å². The monoisotopic (exact) mass is 428 g/mol. The summed E-state index contributed by atoms with van der Waals surface area (Å²) in [6.07, 6.45) is 0. The van der Waals surface area contributed by atoms with Crippen LogP contribution in [0, 0.1) is 15.9 Å². The number of anilines is 1. The summed E-state index contributed by atoms with van der Waals surface area (Å²) in [4.78, 5) is 32.8.